The summed E-state index contributed by atoms with van der Waals surface area (Å²) in [5.41, 5.74) is 1.93. The molecule has 1 aliphatic rings. The van der Waals surface area contributed by atoms with Crippen LogP contribution in [0.1, 0.15) is 24.0 Å². The van der Waals surface area contributed by atoms with Crippen molar-refractivity contribution in [2.45, 2.75) is 32.1 Å². The van der Waals surface area contributed by atoms with Crippen LogP contribution in [0.25, 0.3) is 0 Å². The van der Waals surface area contributed by atoms with Gasteiger partial charge in [-0.3, -0.25) is 0 Å². The smallest absolute Gasteiger partial charge is 0.180 e. The Bertz CT molecular complexity index is 718. The molecular formula is C20H24ClFNO3+. The molecule has 1 fully saturated rings. The molecule has 6 heteroatoms. The molecule has 26 heavy (non-hydrogen) atoms. The number of quaternary nitrogens is 1. The molecule has 0 unspecified atom stereocenters. The minimum absolute atomic E-state index is 0.270. The van der Waals surface area contributed by atoms with Crippen LogP contribution in [0.15, 0.2) is 36.4 Å². The zero-order valence-corrected chi connectivity index (χ0v) is 15.6. The van der Waals surface area contributed by atoms with Crippen molar-refractivity contribution in [3.05, 3.63) is 58.4 Å². The lowest BCUT2D eigenvalue weighted by atomic mass is 10.2. The summed E-state index contributed by atoms with van der Waals surface area (Å²) in [4.78, 5) is 0. The van der Waals surface area contributed by atoms with Crippen molar-refractivity contribution in [1.29, 1.82) is 0 Å². The number of ether oxygens (including phenoxy) is 3. The number of hydrogen-bond donors (Lipinski definition) is 1. The first-order chi connectivity index (χ1) is 12.7. The van der Waals surface area contributed by atoms with E-state index in [0.717, 1.165) is 43.7 Å². The van der Waals surface area contributed by atoms with Gasteiger partial charge in [0, 0.05) is 12.2 Å². The molecule has 1 aliphatic heterocycles. The van der Waals surface area contributed by atoms with Crippen LogP contribution >= 0.6 is 11.6 Å². The Hall–Kier alpha value is -1.82. The lowest BCUT2D eigenvalue weighted by molar-refractivity contribution is -0.676. The summed E-state index contributed by atoms with van der Waals surface area (Å²) >= 11 is 6.41. The highest BCUT2D eigenvalue weighted by Crippen LogP contribution is 2.36. The minimum atomic E-state index is -0.270. The Kier molecular flexibility index (Phi) is 6.72. The second-order valence-corrected chi connectivity index (χ2v) is 6.79. The van der Waals surface area contributed by atoms with Crippen molar-refractivity contribution in [3.8, 4) is 11.5 Å². The van der Waals surface area contributed by atoms with E-state index < -0.39 is 0 Å². The van der Waals surface area contributed by atoms with Crippen LogP contribution in [-0.2, 0) is 17.9 Å². The normalized spacial score (nSPS) is 16.7. The molecule has 4 nitrogen and oxygen atoms in total. The number of halogens is 2. The van der Waals surface area contributed by atoms with E-state index in [1.165, 1.54) is 12.1 Å². The maximum absolute atomic E-state index is 13.0. The molecule has 0 amide bonds. The number of hydrogen-bond acceptors (Lipinski definition) is 3. The first-order valence-corrected chi connectivity index (χ1v) is 9.20. The van der Waals surface area contributed by atoms with E-state index in [-0.39, 0.29) is 5.82 Å². The predicted molar refractivity (Wildman–Crippen MR) is 98.2 cm³/mol. The van der Waals surface area contributed by atoms with Crippen molar-refractivity contribution in [2.24, 2.45) is 0 Å². The van der Waals surface area contributed by atoms with Gasteiger partial charge in [0.1, 0.15) is 31.6 Å². The second kappa shape index (κ2) is 9.21. The number of rotatable bonds is 8. The first-order valence-electron chi connectivity index (χ1n) is 8.82. The number of methoxy groups -OCH3 is 1. The van der Waals surface area contributed by atoms with Crippen molar-refractivity contribution in [1.82, 2.24) is 0 Å². The fraction of sp³-hybridized carbons (Fsp3) is 0.400. The molecule has 140 valence electrons. The van der Waals surface area contributed by atoms with Gasteiger partial charge in [-0.2, -0.15) is 0 Å². The fourth-order valence-electron chi connectivity index (χ4n) is 3.03. The molecule has 1 saturated heterocycles. The molecule has 0 radical (unpaired) electrons. The van der Waals surface area contributed by atoms with Crippen molar-refractivity contribution in [3.63, 3.8) is 0 Å². The Labute approximate surface area is 158 Å². The summed E-state index contributed by atoms with van der Waals surface area (Å²) in [6.07, 6.45) is 2.64. The van der Waals surface area contributed by atoms with E-state index >= 15 is 0 Å². The van der Waals surface area contributed by atoms with Crippen LogP contribution in [0, 0.1) is 5.82 Å². The summed E-state index contributed by atoms with van der Waals surface area (Å²) in [6, 6.07) is 10.0. The van der Waals surface area contributed by atoms with Crippen LogP contribution in [0.5, 0.6) is 11.5 Å². The summed E-state index contributed by atoms with van der Waals surface area (Å²) < 4.78 is 29.9. The SMILES string of the molecule is COc1cc(C[NH2+]C[C@@H]2CCCO2)cc(Cl)c1OCc1ccc(F)cc1. The average Bonchev–Trinajstić information content (AvgIpc) is 3.15. The molecule has 0 saturated carbocycles. The van der Waals surface area contributed by atoms with Gasteiger partial charge in [0.25, 0.3) is 0 Å². The zero-order valence-electron chi connectivity index (χ0n) is 14.8. The van der Waals surface area contributed by atoms with Gasteiger partial charge in [0.15, 0.2) is 11.5 Å². The molecule has 1 atom stereocenters. The molecular weight excluding hydrogens is 357 g/mol. The third-order valence-corrected chi connectivity index (χ3v) is 4.70. The zero-order chi connectivity index (χ0) is 18.4. The average molecular weight is 381 g/mol. The molecule has 0 bridgehead atoms. The molecule has 2 aromatic carbocycles. The standard InChI is InChI=1S/C20H23ClFNO3/c1-24-19-10-15(11-23-12-17-3-2-8-25-17)9-18(21)20(19)26-13-14-4-6-16(22)7-5-14/h4-7,9-10,17,23H,2-3,8,11-13H2,1H3/p+1/t17-/m0/s1. The van der Waals surface area contributed by atoms with Gasteiger partial charge in [-0.25, -0.2) is 4.39 Å². The van der Waals surface area contributed by atoms with Crippen LogP contribution in [0.4, 0.5) is 4.39 Å². The van der Waals surface area contributed by atoms with Crippen molar-refractivity contribution in [2.75, 3.05) is 20.3 Å². The van der Waals surface area contributed by atoms with E-state index in [0.29, 0.717) is 29.2 Å². The third kappa shape index (κ3) is 5.10. The highest BCUT2D eigenvalue weighted by molar-refractivity contribution is 6.32. The Morgan fingerprint density at radius 1 is 1.23 bits per heavy atom. The fourth-order valence-corrected chi connectivity index (χ4v) is 3.32. The quantitative estimate of drug-likeness (QED) is 0.764. The topological polar surface area (TPSA) is 44.3 Å². The molecule has 2 aromatic rings. The van der Waals surface area contributed by atoms with E-state index in [1.54, 1.807) is 19.2 Å². The van der Waals surface area contributed by atoms with Gasteiger partial charge in [-0.05, 0) is 42.7 Å². The van der Waals surface area contributed by atoms with Crippen LogP contribution in [0.3, 0.4) is 0 Å². The first kappa shape index (κ1) is 19.0. The van der Waals surface area contributed by atoms with Gasteiger partial charge in [0.05, 0.1) is 12.1 Å². The Balaban J connectivity index is 1.61. The maximum atomic E-state index is 13.0. The van der Waals surface area contributed by atoms with E-state index in [2.05, 4.69) is 5.32 Å². The Morgan fingerprint density at radius 3 is 2.73 bits per heavy atom. The summed E-state index contributed by atoms with van der Waals surface area (Å²) in [5.74, 6) is 0.828. The minimum Gasteiger partial charge on any atom is -0.493 e. The predicted octanol–water partition coefficient (Wildman–Crippen LogP) is 3.31. The van der Waals surface area contributed by atoms with Gasteiger partial charge in [-0.1, -0.05) is 23.7 Å². The maximum Gasteiger partial charge on any atom is 0.180 e. The van der Waals surface area contributed by atoms with Gasteiger partial charge in [-0.15, -0.1) is 0 Å². The van der Waals surface area contributed by atoms with Gasteiger partial charge in [0.2, 0.25) is 0 Å². The van der Waals surface area contributed by atoms with Crippen LogP contribution < -0.4 is 14.8 Å². The lowest BCUT2D eigenvalue weighted by Crippen LogP contribution is -2.84. The lowest BCUT2D eigenvalue weighted by Gasteiger charge is -2.14. The van der Waals surface area contributed by atoms with Gasteiger partial charge >= 0.3 is 0 Å². The monoisotopic (exact) mass is 380 g/mol. The summed E-state index contributed by atoms with van der Waals surface area (Å²) in [6.45, 7) is 2.91. The number of benzene rings is 2. The van der Waals surface area contributed by atoms with E-state index in [4.69, 9.17) is 25.8 Å². The van der Waals surface area contributed by atoms with E-state index in [9.17, 15) is 4.39 Å². The van der Waals surface area contributed by atoms with Gasteiger partial charge < -0.3 is 19.5 Å². The molecule has 2 N–H and O–H groups in total. The third-order valence-electron chi connectivity index (χ3n) is 4.42. The molecule has 0 spiro atoms. The molecule has 0 aliphatic carbocycles. The van der Waals surface area contributed by atoms with Crippen LogP contribution in [0.2, 0.25) is 5.02 Å². The summed E-state index contributed by atoms with van der Waals surface area (Å²) in [5, 5.41) is 2.73. The number of nitrogens with two attached hydrogens (primary N) is 1. The molecule has 0 aromatic heterocycles. The molecule has 3 rings (SSSR count). The van der Waals surface area contributed by atoms with Crippen molar-refractivity contribution < 1.29 is 23.9 Å². The largest absolute Gasteiger partial charge is 0.493 e. The summed E-state index contributed by atoms with van der Waals surface area (Å²) in [7, 11) is 1.59. The van der Waals surface area contributed by atoms with Crippen LogP contribution in [-0.4, -0.2) is 26.4 Å². The van der Waals surface area contributed by atoms with E-state index in [1.807, 2.05) is 12.1 Å². The highest BCUT2D eigenvalue weighted by Gasteiger charge is 2.18. The molecule has 1 heterocycles. The van der Waals surface area contributed by atoms with Crippen molar-refractivity contribution >= 4 is 11.6 Å². The second-order valence-electron chi connectivity index (χ2n) is 6.39. The highest BCUT2D eigenvalue weighted by atomic mass is 35.5. The Morgan fingerprint density at radius 2 is 2.04 bits per heavy atom.